The molecule has 0 atom stereocenters. The molecule has 0 fully saturated rings. The average molecular weight is 251 g/mol. The van der Waals surface area contributed by atoms with Gasteiger partial charge in [0.2, 0.25) is 0 Å². The molecule has 0 radical (unpaired) electrons. The van der Waals surface area contributed by atoms with E-state index in [4.69, 9.17) is 0 Å². The van der Waals surface area contributed by atoms with Gasteiger partial charge >= 0.3 is 0 Å². The van der Waals surface area contributed by atoms with Gasteiger partial charge in [-0.05, 0) is 22.6 Å². The monoisotopic (exact) mass is 251 g/mol. The lowest BCUT2D eigenvalue weighted by molar-refractivity contribution is 1.09. The van der Waals surface area contributed by atoms with E-state index in [0.717, 1.165) is 0 Å². The van der Waals surface area contributed by atoms with Gasteiger partial charge in [0, 0.05) is 7.05 Å². The van der Waals surface area contributed by atoms with Crippen LogP contribution in [0.25, 0.3) is 0 Å². The molecule has 1 heterocycles. The maximum absolute atomic E-state index is 10.9. The molecule has 0 unspecified atom stereocenters. The fourth-order valence-electron chi connectivity index (χ4n) is 0.557. The van der Waals surface area contributed by atoms with Crippen LogP contribution in [0.2, 0.25) is 0 Å². The van der Waals surface area contributed by atoms with Crippen LogP contribution in [0, 0.1) is 3.57 Å². The minimum Gasteiger partial charge on any atom is -0.372 e. The summed E-state index contributed by atoms with van der Waals surface area (Å²) in [5.41, 5.74) is -0.111. The lowest BCUT2D eigenvalue weighted by Crippen LogP contribution is -2.12. The Morgan fingerprint density at radius 1 is 1.80 bits per heavy atom. The van der Waals surface area contributed by atoms with Crippen molar-refractivity contribution in [3.05, 3.63) is 20.3 Å². The van der Waals surface area contributed by atoms with Gasteiger partial charge in [-0.2, -0.15) is 0 Å². The minimum atomic E-state index is -0.111. The van der Waals surface area contributed by atoms with Gasteiger partial charge in [0.25, 0.3) is 5.56 Å². The Morgan fingerprint density at radius 3 is 3.00 bits per heavy atom. The fraction of sp³-hybridized carbons (Fsp3) is 0.200. The first-order valence-corrected chi connectivity index (χ1v) is 3.74. The Balaban J connectivity index is 3.28. The Morgan fingerprint density at radius 2 is 2.50 bits per heavy atom. The van der Waals surface area contributed by atoms with Gasteiger partial charge in [-0.3, -0.25) is 4.79 Å². The van der Waals surface area contributed by atoms with Gasteiger partial charge in [0.05, 0.1) is 6.33 Å². The number of hydrogen-bond acceptors (Lipinski definition) is 3. The second-order valence-corrected chi connectivity index (χ2v) is 2.72. The number of halogens is 1. The molecule has 1 aromatic rings. The molecule has 0 bridgehead atoms. The number of anilines is 1. The van der Waals surface area contributed by atoms with Gasteiger partial charge < -0.3 is 10.3 Å². The Hall–Kier alpha value is -0.590. The highest BCUT2D eigenvalue weighted by atomic mass is 127. The van der Waals surface area contributed by atoms with E-state index in [-0.39, 0.29) is 5.56 Å². The van der Waals surface area contributed by atoms with E-state index in [1.54, 1.807) is 7.05 Å². The van der Waals surface area contributed by atoms with Gasteiger partial charge in [-0.25, -0.2) is 4.98 Å². The average Bonchev–Trinajstić information content (AvgIpc) is 1.95. The van der Waals surface area contributed by atoms with Gasteiger partial charge in [-0.1, -0.05) is 0 Å². The van der Waals surface area contributed by atoms with Crippen LogP contribution in [-0.4, -0.2) is 17.0 Å². The first kappa shape index (κ1) is 7.52. The van der Waals surface area contributed by atoms with Crippen molar-refractivity contribution in [3.63, 3.8) is 0 Å². The zero-order chi connectivity index (χ0) is 7.56. The van der Waals surface area contributed by atoms with Crippen molar-refractivity contribution in [2.45, 2.75) is 0 Å². The number of hydrogen-bond donors (Lipinski definition) is 2. The molecule has 2 N–H and O–H groups in total. The molecule has 0 saturated heterocycles. The lowest BCUT2D eigenvalue weighted by atomic mass is 10.6. The topological polar surface area (TPSA) is 57.8 Å². The second kappa shape index (κ2) is 3.00. The van der Waals surface area contributed by atoms with Crippen molar-refractivity contribution in [1.29, 1.82) is 0 Å². The third-order valence-electron chi connectivity index (χ3n) is 1.03. The predicted octanol–water partition coefficient (Wildman–Crippen LogP) is 0.416. The molecule has 1 rings (SSSR count). The zero-order valence-electron chi connectivity index (χ0n) is 5.31. The summed E-state index contributed by atoms with van der Waals surface area (Å²) in [6.07, 6.45) is 1.37. The standard InChI is InChI=1S/C5H6IN3O/c1-7-4-3(6)5(10)9-2-8-4/h2H,1H3,(H2,7,8,9,10). The van der Waals surface area contributed by atoms with E-state index in [9.17, 15) is 4.79 Å². The summed E-state index contributed by atoms with van der Waals surface area (Å²) in [7, 11) is 1.73. The quantitative estimate of drug-likeness (QED) is 0.711. The Kier molecular flexibility index (Phi) is 2.25. The van der Waals surface area contributed by atoms with Crippen LogP contribution >= 0.6 is 22.6 Å². The lowest BCUT2D eigenvalue weighted by Gasteiger charge is -1.97. The number of aromatic amines is 1. The van der Waals surface area contributed by atoms with Gasteiger partial charge in [0.15, 0.2) is 0 Å². The number of nitrogens with zero attached hydrogens (tertiary/aromatic N) is 1. The van der Waals surface area contributed by atoms with Crippen molar-refractivity contribution < 1.29 is 0 Å². The van der Waals surface area contributed by atoms with Crippen LogP contribution in [0.1, 0.15) is 0 Å². The van der Waals surface area contributed by atoms with Gasteiger partial charge in [-0.15, -0.1) is 0 Å². The van der Waals surface area contributed by atoms with Crippen molar-refractivity contribution >= 4 is 28.4 Å². The summed E-state index contributed by atoms with van der Waals surface area (Å²) in [4.78, 5) is 17.2. The largest absolute Gasteiger partial charge is 0.372 e. The maximum Gasteiger partial charge on any atom is 0.266 e. The number of aromatic nitrogens is 2. The molecule has 0 amide bonds. The Labute approximate surface area is 71.2 Å². The van der Waals surface area contributed by atoms with E-state index in [1.165, 1.54) is 6.33 Å². The second-order valence-electron chi connectivity index (χ2n) is 1.64. The molecule has 0 aromatic carbocycles. The van der Waals surface area contributed by atoms with Crippen LogP contribution in [0.15, 0.2) is 11.1 Å². The SMILES string of the molecule is CNc1nc[nH]c(=O)c1I. The summed E-state index contributed by atoms with van der Waals surface area (Å²) in [5.74, 6) is 0.615. The number of H-pyrrole nitrogens is 1. The summed E-state index contributed by atoms with van der Waals surface area (Å²) < 4.78 is 0.586. The van der Waals surface area contributed by atoms with Crippen LogP contribution in [-0.2, 0) is 0 Å². The maximum atomic E-state index is 10.9. The molecule has 0 aliphatic rings. The first-order valence-electron chi connectivity index (χ1n) is 2.66. The summed E-state index contributed by atoms with van der Waals surface area (Å²) in [6, 6.07) is 0. The molecule has 0 aliphatic heterocycles. The summed E-state index contributed by atoms with van der Waals surface area (Å²) in [6.45, 7) is 0. The van der Waals surface area contributed by atoms with Crippen molar-refractivity contribution in [1.82, 2.24) is 9.97 Å². The van der Waals surface area contributed by atoms with E-state index in [0.29, 0.717) is 9.39 Å². The highest BCUT2D eigenvalue weighted by Crippen LogP contribution is 2.06. The third-order valence-corrected chi connectivity index (χ3v) is 2.03. The molecule has 10 heavy (non-hydrogen) atoms. The van der Waals surface area contributed by atoms with Crippen LogP contribution < -0.4 is 10.9 Å². The Bertz CT molecular complexity index is 282. The number of rotatable bonds is 1. The molecule has 1 aromatic heterocycles. The number of nitrogens with one attached hydrogen (secondary N) is 2. The van der Waals surface area contributed by atoms with Crippen LogP contribution in [0.5, 0.6) is 0 Å². The molecule has 54 valence electrons. The van der Waals surface area contributed by atoms with Crippen molar-refractivity contribution in [3.8, 4) is 0 Å². The molecule has 0 spiro atoms. The zero-order valence-corrected chi connectivity index (χ0v) is 7.47. The van der Waals surface area contributed by atoms with Crippen LogP contribution in [0.4, 0.5) is 5.82 Å². The third kappa shape index (κ3) is 1.28. The highest BCUT2D eigenvalue weighted by molar-refractivity contribution is 14.1. The molecular formula is C5H6IN3O. The summed E-state index contributed by atoms with van der Waals surface area (Å²) >= 11 is 1.94. The van der Waals surface area contributed by atoms with E-state index >= 15 is 0 Å². The predicted molar refractivity (Wildman–Crippen MR) is 47.1 cm³/mol. The molecule has 5 heteroatoms. The normalized spacial score (nSPS) is 9.40. The molecular weight excluding hydrogens is 245 g/mol. The van der Waals surface area contributed by atoms with E-state index in [2.05, 4.69) is 15.3 Å². The van der Waals surface area contributed by atoms with Crippen LogP contribution in [0.3, 0.4) is 0 Å². The van der Waals surface area contributed by atoms with Crippen molar-refractivity contribution in [2.24, 2.45) is 0 Å². The molecule has 4 nitrogen and oxygen atoms in total. The fourth-order valence-corrected chi connectivity index (χ4v) is 1.12. The summed E-state index contributed by atoms with van der Waals surface area (Å²) in [5, 5.41) is 2.80. The van der Waals surface area contributed by atoms with Crippen molar-refractivity contribution in [2.75, 3.05) is 12.4 Å². The smallest absolute Gasteiger partial charge is 0.266 e. The first-order chi connectivity index (χ1) is 4.75. The van der Waals surface area contributed by atoms with Gasteiger partial charge in [0.1, 0.15) is 9.39 Å². The molecule has 0 aliphatic carbocycles. The van der Waals surface area contributed by atoms with E-state index in [1.807, 2.05) is 22.6 Å². The highest BCUT2D eigenvalue weighted by Gasteiger charge is 2.00. The molecule has 0 saturated carbocycles. The van der Waals surface area contributed by atoms with E-state index < -0.39 is 0 Å². The minimum absolute atomic E-state index is 0.111.